The molecule has 0 aromatic heterocycles. The molecule has 0 aliphatic heterocycles. The van der Waals surface area contributed by atoms with Gasteiger partial charge in [0.15, 0.2) is 0 Å². The SMILES string of the molecule is CCCCCCCCC(=O)OCCOCCC(=O)OC(C)(C)C. The van der Waals surface area contributed by atoms with E-state index in [4.69, 9.17) is 14.2 Å². The fourth-order valence-corrected chi connectivity index (χ4v) is 1.99. The van der Waals surface area contributed by atoms with Crippen LogP contribution < -0.4 is 0 Å². The molecule has 0 radical (unpaired) electrons. The smallest absolute Gasteiger partial charge is 0.308 e. The molecule has 0 rings (SSSR count). The molecule has 0 aromatic rings. The van der Waals surface area contributed by atoms with Crippen LogP contribution in [0.25, 0.3) is 0 Å². The van der Waals surface area contributed by atoms with Crippen LogP contribution in [-0.4, -0.2) is 37.4 Å². The lowest BCUT2D eigenvalue weighted by Gasteiger charge is -2.19. The van der Waals surface area contributed by atoms with Crippen LogP contribution in [0.1, 0.15) is 79.1 Å². The predicted molar refractivity (Wildman–Crippen MR) is 90.2 cm³/mol. The molecule has 5 nitrogen and oxygen atoms in total. The van der Waals surface area contributed by atoms with E-state index < -0.39 is 5.60 Å². The molecule has 0 amide bonds. The Bertz CT molecular complexity index is 320. The lowest BCUT2D eigenvalue weighted by Crippen LogP contribution is -2.24. The van der Waals surface area contributed by atoms with Gasteiger partial charge in [0.05, 0.1) is 19.6 Å². The number of ether oxygens (including phenoxy) is 3. The maximum atomic E-state index is 11.5. The van der Waals surface area contributed by atoms with Crippen molar-refractivity contribution in [3.05, 3.63) is 0 Å². The summed E-state index contributed by atoms with van der Waals surface area (Å²) in [7, 11) is 0. The van der Waals surface area contributed by atoms with E-state index in [1.807, 2.05) is 20.8 Å². The van der Waals surface area contributed by atoms with Gasteiger partial charge in [-0.3, -0.25) is 9.59 Å². The van der Waals surface area contributed by atoms with Crippen molar-refractivity contribution in [2.75, 3.05) is 19.8 Å². The molecule has 23 heavy (non-hydrogen) atoms. The first-order chi connectivity index (χ1) is 10.8. The minimum atomic E-state index is -0.469. The summed E-state index contributed by atoms with van der Waals surface area (Å²) in [4.78, 5) is 22.9. The Labute approximate surface area is 141 Å². The average Bonchev–Trinajstić information content (AvgIpc) is 2.44. The second-order valence-electron chi connectivity index (χ2n) is 6.69. The largest absolute Gasteiger partial charge is 0.463 e. The van der Waals surface area contributed by atoms with Crippen LogP contribution >= 0.6 is 0 Å². The van der Waals surface area contributed by atoms with E-state index in [0.29, 0.717) is 13.0 Å². The minimum absolute atomic E-state index is 0.170. The second-order valence-corrected chi connectivity index (χ2v) is 6.69. The topological polar surface area (TPSA) is 61.8 Å². The third-order valence-corrected chi connectivity index (χ3v) is 3.10. The molecular weight excluding hydrogens is 296 g/mol. The lowest BCUT2D eigenvalue weighted by atomic mass is 10.1. The van der Waals surface area contributed by atoms with Crippen LogP contribution in [-0.2, 0) is 23.8 Å². The highest BCUT2D eigenvalue weighted by molar-refractivity contribution is 5.70. The van der Waals surface area contributed by atoms with Gasteiger partial charge in [-0.1, -0.05) is 39.0 Å². The quantitative estimate of drug-likeness (QED) is 0.377. The average molecular weight is 330 g/mol. The van der Waals surface area contributed by atoms with Crippen molar-refractivity contribution in [2.45, 2.75) is 84.7 Å². The van der Waals surface area contributed by atoms with Crippen LogP contribution in [0.5, 0.6) is 0 Å². The summed E-state index contributed by atoms with van der Waals surface area (Å²) >= 11 is 0. The fraction of sp³-hybridized carbons (Fsp3) is 0.889. The Morgan fingerprint density at radius 2 is 1.43 bits per heavy atom. The monoisotopic (exact) mass is 330 g/mol. The molecule has 0 spiro atoms. The minimum Gasteiger partial charge on any atom is -0.463 e. The summed E-state index contributed by atoms with van der Waals surface area (Å²) in [5.74, 6) is -0.450. The fourth-order valence-electron chi connectivity index (χ4n) is 1.99. The molecule has 0 aliphatic rings. The number of hydrogen-bond donors (Lipinski definition) is 0. The van der Waals surface area contributed by atoms with Crippen LogP contribution in [0.15, 0.2) is 0 Å². The number of carbonyl (C=O) groups is 2. The maximum Gasteiger partial charge on any atom is 0.308 e. The highest BCUT2D eigenvalue weighted by Gasteiger charge is 2.15. The van der Waals surface area contributed by atoms with E-state index in [-0.39, 0.29) is 31.6 Å². The second kappa shape index (κ2) is 13.3. The number of carbonyl (C=O) groups excluding carboxylic acids is 2. The van der Waals surface area contributed by atoms with Crippen LogP contribution in [0.4, 0.5) is 0 Å². The maximum absolute atomic E-state index is 11.5. The van der Waals surface area contributed by atoms with Crippen molar-refractivity contribution < 1.29 is 23.8 Å². The molecule has 0 bridgehead atoms. The van der Waals surface area contributed by atoms with E-state index in [9.17, 15) is 9.59 Å². The van der Waals surface area contributed by atoms with Crippen LogP contribution in [0.2, 0.25) is 0 Å². The van der Waals surface area contributed by atoms with Crippen LogP contribution in [0, 0.1) is 0 Å². The molecule has 0 heterocycles. The molecule has 0 unspecified atom stereocenters. The third-order valence-electron chi connectivity index (χ3n) is 3.10. The van der Waals surface area contributed by atoms with Gasteiger partial charge < -0.3 is 14.2 Å². The molecule has 0 saturated heterocycles. The Morgan fingerprint density at radius 3 is 2.09 bits per heavy atom. The van der Waals surface area contributed by atoms with E-state index in [1.165, 1.54) is 25.7 Å². The number of rotatable bonds is 13. The zero-order valence-electron chi connectivity index (χ0n) is 15.3. The summed E-state index contributed by atoms with van der Waals surface area (Å²) in [5.41, 5.74) is -0.469. The van der Waals surface area contributed by atoms with Crippen molar-refractivity contribution in [1.29, 1.82) is 0 Å². The normalized spacial score (nSPS) is 11.3. The highest BCUT2D eigenvalue weighted by atomic mass is 16.6. The van der Waals surface area contributed by atoms with Gasteiger partial charge in [0.2, 0.25) is 0 Å². The number of hydrogen-bond acceptors (Lipinski definition) is 5. The van der Waals surface area contributed by atoms with Gasteiger partial charge in [-0.15, -0.1) is 0 Å². The van der Waals surface area contributed by atoms with E-state index >= 15 is 0 Å². The molecule has 0 N–H and O–H groups in total. The Hall–Kier alpha value is -1.10. The first-order valence-corrected chi connectivity index (χ1v) is 8.80. The molecule has 0 atom stereocenters. The van der Waals surface area contributed by atoms with Crippen molar-refractivity contribution in [1.82, 2.24) is 0 Å². The van der Waals surface area contributed by atoms with Gasteiger partial charge in [-0.25, -0.2) is 0 Å². The van der Waals surface area contributed by atoms with Gasteiger partial charge in [0, 0.05) is 6.42 Å². The van der Waals surface area contributed by atoms with E-state index in [1.54, 1.807) is 0 Å². The molecule has 0 aromatic carbocycles. The van der Waals surface area contributed by atoms with Gasteiger partial charge >= 0.3 is 11.9 Å². The molecule has 136 valence electrons. The molecular formula is C18H34O5. The standard InChI is InChI=1S/C18H34O5/c1-5-6-7-8-9-10-11-16(19)22-15-14-21-13-12-17(20)23-18(2,3)4/h5-15H2,1-4H3. The van der Waals surface area contributed by atoms with Gasteiger partial charge in [0.25, 0.3) is 0 Å². The number of esters is 2. The Kier molecular flexibility index (Phi) is 12.7. The van der Waals surface area contributed by atoms with E-state index in [0.717, 1.165) is 12.8 Å². The summed E-state index contributed by atoms with van der Waals surface area (Å²) in [5, 5.41) is 0. The number of unbranched alkanes of at least 4 members (excludes halogenated alkanes) is 5. The molecule has 0 fully saturated rings. The summed E-state index contributed by atoms with van der Waals surface area (Å²) in [6.07, 6.45) is 7.60. The lowest BCUT2D eigenvalue weighted by molar-refractivity contribution is -0.156. The van der Waals surface area contributed by atoms with Crippen molar-refractivity contribution in [2.24, 2.45) is 0 Å². The van der Waals surface area contributed by atoms with E-state index in [2.05, 4.69) is 6.92 Å². The van der Waals surface area contributed by atoms with Crippen molar-refractivity contribution in [3.63, 3.8) is 0 Å². The van der Waals surface area contributed by atoms with Crippen molar-refractivity contribution >= 4 is 11.9 Å². The Morgan fingerprint density at radius 1 is 0.783 bits per heavy atom. The van der Waals surface area contributed by atoms with Gasteiger partial charge in [-0.2, -0.15) is 0 Å². The third kappa shape index (κ3) is 17.1. The summed E-state index contributed by atoms with van der Waals surface area (Å²) in [6.45, 7) is 8.50. The van der Waals surface area contributed by atoms with Crippen LogP contribution in [0.3, 0.4) is 0 Å². The molecule has 0 aliphatic carbocycles. The highest BCUT2D eigenvalue weighted by Crippen LogP contribution is 2.08. The predicted octanol–water partition coefficient (Wildman–Crippen LogP) is 4.03. The van der Waals surface area contributed by atoms with Gasteiger partial charge in [0.1, 0.15) is 12.2 Å². The first kappa shape index (κ1) is 21.9. The zero-order chi connectivity index (χ0) is 17.6. The first-order valence-electron chi connectivity index (χ1n) is 8.80. The molecule has 5 heteroatoms. The summed E-state index contributed by atoms with van der Waals surface area (Å²) < 4.78 is 15.5. The zero-order valence-corrected chi connectivity index (χ0v) is 15.3. The summed E-state index contributed by atoms with van der Waals surface area (Å²) in [6, 6.07) is 0. The van der Waals surface area contributed by atoms with Gasteiger partial charge in [-0.05, 0) is 27.2 Å². The Balaban J connectivity index is 3.37. The van der Waals surface area contributed by atoms with Crippen molar-refractivity contribution in [3.8, 4) is 0 Å². The molecule has 0 saturated carbocycles.